The first kappa shape index (κ1) is 7.33. The maximum Gasteiger partial charge on any atom is 0.136 e. The van der Waals surface area contributed by atoms with Crippen LogP contribution in [0.2, 0.25) is 0 Å². The molecule has 3 fully saturated rings. The van der Waals surface area contributed by atoms with Gasteiger partial charge in [0.1, 0.15) is 5.78 Å². The third-order valence-corrected chi connectivity index (χ3v) is 4.11. The highest BCUT2D eigenvalue weighted by atomic mass is 16.1. The molecule has 0 heterocycles. The van der Waals surface area contributed by atoms with Crippen LogP contribution in [0.15, 0.2) is 0 Å². The maximum atomic E-state index is 11.3. The zero-order valence-corrected chi connectivity index (χ0v) is 7.55. The van der Waals surface area contributed by atoms with Gasteiger partial charge >= 0.3 is 0 Å². The third-order valence-electron chi connectivity index (χ3n) is 4.11. The summed E-state index contributed by atoms with van der Waals surface area (Å²) in [5, 5.41) is 0. The van der Waals surface area contributed by atoms with E-state index in [9.17, 15) is 4.79 Å². The van der Waals surface area contributed by atoms with Gasteiger partial charge in [0.05, 0.1) is 0 Å². The van der Waals surface area contributed by atoms with Crippen molar-refractivity contribution in [3.63, 3.8) is 0 Å². The largest absolute Gasteiger partial charge is 0.299 e. The Hall–Kier alpha value is -0.330. The molecular formula is C10H16O. The van der Waals surface area contributed by atoms with E-state index in [0.29, 0.717) is 29.0 Å². The van der Waals surface area contributed by atoms with Gasteiger partial charge in [-0.25, -0.2) is 0 Å². The van der Waals surface area contributed by atoms with Crippen LogP contribution in [0.4, 0.5) is 0 Å². The van der Waals surface area contributed by atoms with E-state index in [1.54, 1.807) is 0 Å². The molecule has 0 radical (unpaired) electrons. The lowest BCUT2D eigenvalue weighted by atomic mass is 9.45. The van der Waals surface area contributed by atoms with Gasteiger partial charge in [0.15, 0.2) is 0 Å². The van der Waals surface area contributed by atoms with E-state index in [1.165, 1.54) is 6.42 Å². The first-order chi connectivity index (χ1) is 5.03. The summed E-state index contributed by atoms with van der Waals surface area (Å²) < 4.78 is 0. The van der Waals surface area contributed by atoms with E-state index >= 15 is 0 Å². The molecule has 3 aliphatic carbocycles. The fraction of sp³-hybridized carbons (Fsp3) is 0.900. The number of Topliss-reactive ketones (excluding diaryl/α,β-unsaturated/α-hetero) is 1. The molecule has 0 spiro atoms. The summed E-state index contributed by atoms with van der Waals surface area (Å²) in [5.74, 6) is 2.24. The zero-order chi connectivity index (χ0) is 8.22. The highest BCUT2D eigenvalue weighted by Gasteiger charge is 2.55. The Morgan fingerprint density at radius 2 is 2.09 bits per heavy atom. The van der Waals surface area contributed by atoms with Crippen molar-refractivity contribution in [1.29, 1.82) is 0 Å². The van der Waals surface area contributed by atoms with Gasteiger partial charge in [0.25, 0.3) is 0 Å². The number of carbonyl (C=O) groups is 1. The lowest BCUT2D eigenvalue weighted by Crippen LogP contribution is -2.55. The van der Waals surface area contributed by atoms with E-state index < -0.39 is 0 Å². The lowest BCUT2D eigenvalue weighted by Gasteiger charge is -2.58. The predicted octanol–water partition coefficient (Wildman–Crippen LogP) is 2.26. The van der Waals surface area contributed by atoms with Crippen LogP contribution in [0.25, 0.3) is 0 Å². The van der Waals surface area contributed by atoms with Gasteiger partial charge < -0.3 is 0 Å². The minimum Gasteiger partial charge on any atom is -0.299 e. The molecule has 0 aromatic carbocycles. The quantitative estimate of drug-likeness (QED) is 0.520. The Balaban J connectivity index is 2.23. The molecular weight excluding hydrogens is 136 g/mol. The van der Waals surface area contributed by atoms with Gasteiger partial charge in [-0.15, -0.1) is 0 Å². The molecule has 62 valence electrons. The molecule has 3 unspecified atom stereocenters. The van der Waals surface area contributed by atoms with E-state index in [2.05, 4.69) is 20.8 Å². The number of fused-ring (bicyclic) bond motifs is 2. The average Bonchev–Trinajstić information content (AvgIpc) is 1.93. The molecule has 11 heavy (non-hydrogen) atoms. The Kier molecular flexibility index (Phi) is 1.25. The van der Waals surface area contributed by atoms with E-state index in [1.807, 2.05) is 0 Å². The van der Waals surface area contributed by atoms with Gasteiger partial charge in [0.2, 0.25) is 0 Å². The summed E-state index contributed by atoms with van der Waals surface area (Å²) in [4.78, 5) is 11.3. The van der Waals surface area contributed by atoms with Crippen LogP contribution in [0.1, 0.15) is 33.6 Å². The smallest absolute Gasteiger partial charge is 0.136 e. The number of hydrogen-bond acceptors (Lipinski definition) is 1. The second kappa shape index (κ2) is 1.88. The van der Waals surface area contributed by atoms with E-state index in [-0.39, 0.29) is 0 Å². The molecule has 3 atom stereocenters. The van der Waals surface area contributed by atoms with Crippen molar-refractivity contribution in [2.75, 3.05) is 0 Å². The highest BCUT2D eigenvalue weighted by molar-refractivity contribution is 5.83. The van der Waals surface area contributed by atoms with Gasteiger partial charge in [-0.05, 0) is 23.7 Å². The van der Waals surface area contributed by atoms with Crippen LogP contribution in [-0.2, 0) is 4.79 Å². The Bertz CT molecular complexity index is 205. The predicted molar refractivity (Wildman–Crippen MR) is 44.2 cm³/mol. The number of carbonyl (C=O) groups excluding carboxylic acids is 1. The Morgan fingerprint density at radius 3 is 2.45 bits per heavy atom. The Labute approximate surface area is 68.2 Å². The monoisotopic (exact) mass is 152 g/mol. The summed E-state index contributed by atoms with van der Waals surface area (Å²) in [6.45, 7) is 6.73. The van der Waals surface area contributed by atoms with Crippen LogP contribution in [-0.4, -0.2) is 5.78 Å². The van der Waals surface area contributed by atoms with Gasteiger partial charge in [-0.2, -0.15) is 0 Å². The summed E-state index contributed by atoms with van der Waals surface area (Å²) >= 11 is 0. The fourth-order valence-corrected chi connectivity index (χ4v) is 2.90. The molecule has 0 amide bonds. The van der Waals surface area contributed by atoms with Crippen molar-refractivity contribution < 1.29 is 4.79 Å². The van der Waals surface area contributed by atoms with Crippen molar-refractivity contribution >= 4 is 5.78 Å². The third kappa shape index (κ3) is 0.743. The number of rotatable bonds is 0. The minimum atomic E-state index is 0.343. The van der Waals surface area contributed by atoms with Crippen LogP contribution in [0.3, 0.4) is 0 Å². The van der Waals surface area contributed by atoms with E-state index in [4.69, 9.17) is 0 Å². The molecule has 3 saturated carbocycles. The van der Waals surface area contributed by atoms with Crippen LogP contribution >= 0.6 is 0 Å². The van der Waals surface area contributed by atoms with Gasteiger partial charge in [0, 0.05) is 12.3 Å². The van der Waals surface area contributed by atoms with Gasteiger partial charge in [-0.3, -0.25) is 4.79 Å². The van der Waals surface area contributed by atoms with Gasteiger partial charge in [-0.1, -0.05) is 20.8 Å². The van der Waals surface area contributed by atoms with Crippen molar-refractivity contribution in [3.8, 4) is 0 Å². The summed E-state index contributed by atoms with van der Waals surface area (Å²) in [7, 11) is 0. The van der Waals surface area contributed by atoms with Crippen LogP contribution in [0.5, 0.6) is 0 Å². The van der Waals surface area contributed by atoms with Crippen molar-refractivity contribution in [3.05, 3.63) is 0 Å². The standard InChI is InChI=1S/C10H16O/c1-6-8-4-7(5-9(6)11)10(8,2)3/h6-8H,4-5H2,1-3H3. The molecule has 0 aromatic rings. The van der Waals surface area contributed by atoms with Crippen LogP contribution in [0, 0.1) is 23.2 Å². The molecule has 1 nitrogen and oxygen atoms in total. The van der Waals surface area contributed by atoms with E-state index in [0.717, 1.165) is 6.42 Å². The molecule has 1 heteroatoms. The molecule has 0 aliphatic heterocycles. The number of ketones is 1. The molecule has 2 bridgehead atoms. The molecule has 0 N–H and O–H groups in total. The average molecular weight is 152 g/mol. The summed E-state index contributed by atoms with van der Waals surface area (Å²) in [6.07, 6.45) is 2.16. The molecule has 3 rings (SSSR count). The normalized spacial score (nSPS) is 46.8. The molecule has 0 saturated heterocycles. The second-order valence-corrected chi connectivity index (χ2v) is 4.82. The first-order valence-corrected chi connectivity index (χ1v) is 4.56. The number of hydrogen-bond donors (Lipinski definition) is 0. The maximum absolute atomic E-state index is 11.3. The summed E-state index contributed by atoms with van der Waals surface area (Å²) in [5.41, 5.74) is 0.466. The highest BCUT2D eigenvalue weighted by Crippen LogP contribution is 2.59. The minimum absolute atomic E-state index is 0.343. The van der Waals surface area contributed by atoms with Crippen LogP contribution < -0.4 is 0 Å². The molecule has 0 aromatic heterocycles. The van der Waals surface area contributed by atoms with Crippen molar-refractivity contribution in [2.24, 2.45) is 23.2 Å². The topological polar surface area (TPSA) is 17.1 Å². The lowest BCUT2D eigenvalue weighted by molar-refractivity contribution is -0.152. The SMILES string of the molecule is CC1C(=O)CC2CC1C2(C)C. The Morgan fingerprint density at radius 1 is 1.45 bits per heavy atom. The second-order valence-electron chi connectivity index (χ2n) is 4.82. The summed E-state index contributed by atoms with van der Waals surface area (Å²) in [6, 6.07) is 0. The zero-order valence-electron chi connectivity index (χ0n) is 7.55. The van der Waals surface area contributed by atoms with Crippen molar-refractivity contribution in [1.82, 2.24) is 0 Å². The molecule has 3 aliphatic rings. The van der Waals surface area contributed by atoms with Crippen molar-refractivity contribution in [2.45, 2.75) is 33.6 Å². The fourth-order valence-electron chi connectivity index (χ4n) is 2.90. The first-order valence-electron chi connectivity index (χ1n) is 4.56.